The third kappa shape index (κ3) is 2.06. The molecule has 0 unspecified atom stereocenters. The maximum atomic E-state index is 6.24. The fourth-order valence-corrected chi connectivity index (χ4v) is 2.66. The summed E-state index contributed by atoms with van der Waals surface area (Å²) in [6, 6.07) is 6.29. The number of nitrogens with zero attached hydrogens (tertiary/aromatic N) is 3. The molecule has 0 aliphatic carbocycles. The molecular weight excluding hydrogens is 262 g/mol. The fourth-order valence-electron chi connectivity index (χ4n) is 2.66. The van der Waals surface area contributed by atoms with Crippen molar-refractivity contribution >= 4 is 11.5 Å². The first-order valence-corrected chi connectivity index (χ1v) is 6.93. The quantitative estimate of drug-likeness (QED) is 0.755. The SMILES string of the molecule is Cc1ccc(-c2nc3c(C)cnn3c(N)c2CN)c(C)c1. The van der Waals surface area contributed by atoms with Crippen LogP contribution in [0.25, 0.3) is 16.9 Å². The molecule has 0 aliphatic heterocycles. The Morgan fingerprint density at radius 3 is 2.57 bits per heavy atom. The minimum absolute atomic E-state index is 0.330. The van der Waals surface area contributed by atoms with Crippen molar-refractivity contribution < 1.29 is 0 Å². The number of fused-ring (bicyclic) bond motifs is 1. The zero-order valence-electron chi connectivity index (χ0n) is 12.5. The first-order chi connectivity index (χ1) is 10.0. The van der Waals surface area contributed by atoms with Gasteiger partial charge in [-0.2, -0.15) is 9.61 Å². The van der Waals surface area contributed by atoms with Crippen LogP contribution in [0.5, 0.6) is 0 Å². The highest BCUT2D eigenvalue weighted by atomic mass is 15.3. The minimum Gasteiger partial charge on any atom is -0.383 e. The van der Waals surface area contributed by atoms with Crippen LogP contribution < -0.4 is 11.5 Å². The number of hydrogen-bond donors (Lipinski definition) is 2. The van der Waals surface area contributed by atoms with Crippen LogP contribution in [0.3, 0.4) is 0 Å². The second-order valence-corrected chi connectivity index (χ2v) is 5.41. The van der Waals surface area contributed by atoms with Gasteiger partial charge in [-0.1, -0.05) is 23.8 Å². The van der Waals surface area contributed by atoms with Crippen molar-refractivity contribution in [3.63, 3.8) is 0 Å². The number of anilines is 1. The third-order valence-electron chi connectivity index (χ3n) is 3.80. The highest BCUT2D eigenvalue weighted by Gasteiger charge is 2.16. The molecule has 5 heteroatoms. The highest BCUT2D eigenvalue weighted by Crippen LogP contribution is 2.30. The molecule has 5 nitrogen and oxygen atoms in total. The lowest BCUT2D eigenvalue weighted by atomic mass is 9.99. The zero-order chi connectivity index (χ0) is 15.1. The van der Waals surface area contributed by atoms with E-state index in [-0.39, 0.29) is 0 Å². The van der Waals surface area contributed by atoms with Crippen LogP contribution in [0, 0.1) is 20.8 Å². The Hall–Kier alpha value is -2.40. The Balaban J connectivity index is 2.37. The summed E-state index contributed by atoms with van der Waals surface area (Å²) in [6.45, 7) is 6.46. The van der Waals surface area contributed by atoms with Crippen molar-refractivity contribution in [2.24, 2.45) is 5.73 Å². The molecule has 0 bridgehead atoms. The average Bonchev–Trinajstić information content (AvgIpc) is 2.81. The number of rotatable bonds is 2. The number of aryl methyl sites for hydroxylation is 3. The number of hydrogen-bond acceptors (Lipinski definition) is 4. The van der Waals surface area contributed by atoms with Gasteiger partial charge in [-0.05, 0) is 26.3 Å². The topological polar surface area (TPSA) is 82.2 Å². The summed E-state index contributed by atoms with van der Waals surface area (Å²) < 4.78 is 1.66. The summed E-state index contributed by atoms with van der Waals surface area (Å²) >= 11 is 0. The van der Waals surface area contributed by atoms with Gasteiger partial charge in [-0.3, -0.25) is 0 Å². The van der Waals surface area contributed by atoms with E-state index in [1.54, 1.807) is 10.7 Å². The summed E-state index contributed by atoms with van der Waals surface area (Å²) in [5.74, 6) is 0.561. The van der Waals surface area contributed by atoms with Crippen LogP contribution in [0.2, 0.25) is 0 Å². The van der Waals surface area contributed by atoms with Crippen molar-refractivity contribution in [1.82, 2.24) is 14.6 Å². The van der Waals surface area contributed by atoms with Crippen LogP contribution in [-0.2, 0) is 6.54 Å². The maximum Gasteiger partial charge on any atom is 0.160 e. The van der Waals surface area contributed by atoms with Crippen LogP contribution in [0.4, 0.5) is 5.82 Å². The lowest BCUT2D eigenvalue weighted by Crippen LogP contribution is -2.11. The molecule has 0 saturated heterocycles. The van der Waals surface area contributed by atoms with Gasteiger partial charge in [0.25, 0.3) is 0 Å². The molecule has 0 saturated carbocycles. The molecule has 21 heavy (non-hydrogen) atoms. The van der Waals surface area contributed by atoms with Gasteiger partial charge in [-0.25, -0.2) is 4.98 Å². The van der Waals surface area contributed by atoms with Gasteiger partial charge in [0.2, 0.25) is 0 Å². The molecule has 3 rings (SSSR count). The Morgan fingerprint density at radius 2 is 1.90 bits per heavy atom. The first kappa shape index (κ1) is 13.6. The molecule has 0 fully saturated rings. The summed E-state index contributed by atoms with van der Waals surface area (Å²) in [7, 11) is 0. The standard InChI is InChI=1S/C16H19N5/c1-9-4-5-12(10(2)6-9)14-13(7-17)15(18)21-16(20-14)11(3)8-19-21/h4-6,8H,7,17-18H2,1-3H3. The molecule has 4 N–H and O–H groups in total. The average molecular weight is 281 g/mol. The molecule has 0 atom stereocenters. The summed E-state index contributed by atoms with van der Waals surface area (Å²) in [5, 5.41) is 4.27. The minimum atomic E-state index is 0.330. The second kappa shape index (κ2) is 4.86. The Morgan fingerprint density at radius 1 is 1.14 bits per heavy atom. The molecule has 0 amide bonds. The van der Waals surface area contributed by atoms with E-state index in [1.807, 2.05) is 6.92 Å². The predicted molar refractivity (Wildman–Crippen MR) is 84.9 cm³/mol. The highest BCUT2D eigenvalue weighted by molar-refractivity contribution is 5.74. The summed E-state index contributed by atoms with van der Waals surface area (Å²) in [5.41, 5.74) is 19.1. The van der Waals surface area contributed by atoms with Crippen LogP contribution in [-0.4, -0.2) is 14.6 Å². The van der Waals surface area contributed by atoms with Gasteiger partial charge in [0.1, 0.15) is 5.82 Å². The smallest absolute Gasteiger partial charge is 0.160 e. The third-order valence-corrected chi connectivity index (χ3v) is 3.80. The van der Waals surface area contributed by atoms with E-state index in [9.17, 15) is 0 Å². The van der Waals surface area contributed by atoms with E-state index in [0.29, 0.717) is 12.4 Å². The number of nitrogen functional groups attached to an aromatic ring is 1. The molecule has 0 radical (unpaired) electrons. The van der Waals surface area contributed by atoms with Gasteiger partial charge in [0.15, 0.2) is 5.65 Å². The molecule has 3 aromatic rings. The van der Waals surface area contributed by atoms with E-state index in [4.69, 9.17) is 16.5 Å². The van der Waals surface area contributed by atoms with Crippen molar-refractivity contribution in [1.29, 1.82) is 0 Å². The number of aromatic nitrogens is 3. The van der Waals surface area contributed by atoms with Crippen LogP contribution in [0.1, 0.15) is 22.3 Å². The monoisotopic (exact) mass is 281 g/mol. The molecule has 108 valence electrons. The normalized spacial score (nSPS) is 11.2. The largest absolute Gasteiger partial charge is 0.383 e. The Labute approximate surface area is 123 Å². The summed E-state index contributed by atoms with van der Waals surface area (Å²) in [6.07, 6.45) is 1.77. The van der Waals surface area contributed by atoms with Crippen molar-refractivity contribution in [2.75, 3.05) is 5.73 Å². The van der Waals surface area contributed by atoms with E-state index in [0.717, 1.165) is 33.6 Å². The van der Waals surface area contributed by atoms with Crippen molar-refractivity contribution in [3.05, 3.63) is 46.6 Å². The van der Waals surface area contributed by atoms with Crippen LogP contribution >= 0.6 is 0 Å². The lowest BCUT2D eigenvalue weighted by molar-refractivity contribution is 0.919. The second-order valence-electron chi connectivity index (χ2n) is 5.41. The molecule has 0 aliphatic rings. The van der Waals surface area contributed by atoms with E-state index in [2.05, 4.69) is 37.1 Å². The first-order valence-electron chi connectivity index (χ1n) is 6.93. The van der Waals surface area contributed by atoms with Crippen molar-refractivity contribution in [2.45, 2.75) is 27.3 Å². The van der Waals surface area contributed by atoms with E-state index >= 15 is 0 Å². The molecule has 2 heterocycles. The van der Waals surface area contributed by atoms with E-state index < -0.39 is 0 Å². The van der Waals surface area contributed by atoms with Gasteiger partial charge in [-0.15, -0.1) is 0 Å². The zero-order valence-corrected chi connectivity index (χ0v) is 12.5. The predicted octanol–water partition coefficient (Wildman–Crippen LogP) is 2.36. The Kier molecular flexibility index (Phi) is 3.14. The molecule has 2 aromatic heterocycles. The molecular formula is C16H19N5. The number of benzene rings is 1. The van der Waals surface area contributed by atoms with Gasteiger partial charge in [0.05, 0.1) is 11.9 Å². The molecule has 1 aromatic carbocycles. The van der Waals surface area contributed by atoms with E-state index in [1.165, 1.54) is 5.56 Å². The maximum absolute atomic E-state index is 6.24. The Bertz CT molecular complexity index is 832. The fraction of sp³-hybridized carbons (Fsp3) is 0.250. The summed E-state index contributed by atoms with van der Waals surface area (Å²) in [4.78, 5) is 4.77. The van der Waals surface area contributed by atoms with Gasteiger partial charge in [0, 0.05) is 23.2 Å². The van der Waals surface area contributed by atoms with Crippen molar-refractivity contribution in [3.8, 4) is 11.3 Å². The van der Waals surface area contributed by atoms with Crippen LogP contribution in [0.15, 0.2) is 24.4 Å². The molecule has 0 spiro atoms. The van der Waals surface area contributed by atoms with Gasteiger partial charge < -0.3 is 11.5 Å². The lowest BCUT2D eigenvalue weighted by Gasteiger charge is -2.14. The number of nitrogens with two attached hydrogens (primary N) is 2. The van der Waals surface area contributed by atoms with Gasteiger partial charge >= 0.3 is 0 Å².